The summed E-state index contributed by atoms with van der Waals surface area (Å²) in [7, 11) is 1.79. The second-order valence-corrected chi connectivity index (χ2v) is 3.49. The van der Waals surface area contributed by atoms with Gasteiger partial charge in [0.25, 0.3) is 0 Å². The third-order valence-electron chi connectivity index (χ3n) is 2.48. The zero-order chi connectivity index (χ0) is 8.16. The summed E-state index contributed by atoms with van der Waals surface area (Å²) in [6, 6.07) is 0. The van der Waals surface area contributed by atoms with Crippen molar-refractivity contribution in [3.05, 3.63) is 0 Å². The van der Waals surface area contributed by atoms with Gasteiger partial charge in [-0.25, -0.2) is 0 Å². The van der Waals surface area contributed by atoms with Gasteiger partial charge in [-0.2, -0.15) is 0 Å². The van der Waals surface area contributed by atoms with Crippen LogP contribution in [0.25, 0.3) is 0 Å². The van der Waals surface area contributed by atoms with Gasteiger partial charge in [0.1, 0.15) is 0 Å². The average molecular weight is 157 g/mol. The minimum Gasteiger partial charge on any atom is -0.383 e. The molecule has 1 unspecified atom stereocenters. The van der Waals surface area contributed by atoms with E-state index in [-0.39, 0.29) is 0 Å². The van der Waals surface area contributed by atoms with E-state index in [4.69, 9.17) is 4.74 Å². The molecule has 1 aliphatic heterocycles. The van der Waals surface area contributed by atoms with Gasteiger partial charge in [0.15, 0.2) is 0 Å². The Balaban J connectivity index is 2.40. The lowest BCUT2D eigenvalue weighted by molar-refractivity contribution is 0.114. The van der Waals surface area contributed by atoms with Crippen molar-refractivity contribution in [3.8, 4) is 0 Å². The SMILES string of the molecule is CCCC1(COC)CCCN1. The van der Waals surface area contributed by atoms with Crippen LogP contribution in [0.3, 0.4) is 0 Å². The molecule has 1 N–H and O–H groups in total. The summed E-state index contributed by atoms with van der Waals surface area (Å²) in [4.78, 5) is 0. The van der Waals surface area contributed by atoms with Crippen molar-refractivity contribution in [2.24, 2.45) is 0 Å². The lowest BCUT2D eigenvalue weighted by Gasteiger charge is -2.28. The fraction of sp³-hybridized carbons (Fsp3) is 1.00. The van der Waals surface area contributed by atoms with Crippen molar-refractivity contribution in [3.63, 3.8) is 0 Å². The van der Waals surface area contributed by atoms with Crippen LogP contribution in [0.15, 0.2) is 0 Å². The van der Waals surface area contributed by atoms with Crippen molar-refractivity contribution in [2.45, 2.75) is 38.1 Å². The molecule has 0 radical (unpaired) electrons. The van der Waals surface area contributed by atoms with E-state index in [0.29, 0.717) is 5.54 Å². The first kappa shape index (κ1) is 9.01. The summed E-state index contributed by atoms with van der Waals surface area (Å²) in [5, 5.41) is 3.55. The Bertz CT molecular complexity index is 100. The van der Waals surface area contributed by atoms with Crippen LogP contribution in [0.1, 0.15) is 32.6 Å². The Hall–Kier alpha value is -0.0800. The maximum absolute atomic E-state index is 5.22. The molecular weight excluding hydrogens is 138 g/mol. The lowest BCUT2D eigenvalue weighted by atomic mass is 9.93. The van der Waals surface area contributed by atoms with Crippen molar-refractivity contribution in [1.29, 1.82) is 0 Å². The van der Waals surface area contributed by atoms with Crippen molar-refractivity contribution in [2.75, 3.05) is 20.3 Å². The Morgan fingerprint density at radius 1 is 1.55 bits per heavy atom. The highest BCUT2D eigenvalue weighted by Crippen LogP contribution is 2.24. The number of methoxy groups -OCH3 is 1. The predicted octanol–water partition coefficient (Wildman–Crippen LogP) is 1.56. The van der Waals surface area contributed by atoms with E-state index in [1.54, 1.807) is 7.11 Å². The summed E-state index contributed by atoms with van der Waals surface area (Å²) in [6.45, 7) is 4.28. The summed E-state index contributed by atoms with van der Waals surface area (Å²) in [5.41, 5.74) is 0.323. The zero-order valence-electron chi connectivity index (χ0n) is 7.65. The topological polar surface area (TPSA) is 21.3 Å². The molecule has 0 aromatic carbocycles. The van der Waals surface area contributed by atoms with Gasteiger partial charge >= 0.3 is 0 Å². The first-order chi connectivity index (χ1) is 5.33. The van der Waals surface area contributed by atoms with Gasteiger partial charge in [-0.05, 0) is 25.8 Å². The van der Waals surface area contributed by atoms with Crippen molar-refractivity contribution in [1.82, 2.24) is 5.32 Å². The molecule has 1 heterocycles. The Kier molecular flexibility index (Phi) is 3.34. The van der Waals surface area contributed by atoms with Gasteiger partial charge in [-0.1, -0.05) is 13.3 Å². The van der Waals surface area contributed by atoms with E-state index in [1.807, 2.05) is 0 Å². The summed E-state index contributed by atoms with van der Waals surface area (Å²) < 4.78 is 5.22. The van der Waals surface area contributed by atoms with Crippen LogP contribution in [0, 0.1) is 0 Å². The highest BCUT2D eigenvalue weighted by atomic mass is 16.5. The smallest absolute Gasteiger partial charge is 0.0644 e. The van der Waals surface area contributed by atoms with E-state index < -0.39 is 0 Å². The quantitative estimate of drug-likeness (QED) is 0.668. The van der Waals surface area contributed by atoms with Crippen LogP contribution in [0.5, 0.6) is 0 Å². The second-order valence-electron chi connectivity index (χ2n) is 3.49. The molecular formula is C9H19NO. The second kappa shape index (κ2) is 4.07. The van der Waals surface area contributed by atoms with Gasteiger partial charge in [0.2, 0.25) is 0 Å². The van der Waals surface area contributed by atoms with Crippen LogP contribution in [0.4, 0.5) is 0 Å². The number of rotatable bonds is 4. The highest BCUT2D eigenvalue weighted by Gasteiger charge is 2.31. The number of hydrogen-bond donors (Lipinski definition) is 1. The summed E-state index contributed by atoms with van der Waals surface area (Å²) in [5.74, 6) is 0. The van der Waals surface area contributed by atoms with Crippen LogP contribution in [0.2, 0.25) is 0 Å². The molecule has 1 saturated heterocycles. The maximum Gasteiger partial charge on any atom is 0.0644 e. The van der Waals surface area contributed by atoms with E-state index in [2.05, 4.69) is 12.2 Å². The van der Waals surface area contributed by atoms with Crippen LogP contribution in [-0.2, 0) is 4.74 Å². The molecule has 1 atom stereocenters. The number of nitrogens with one attached hydrogen (secondary N) is 1. The van der Waals surface area contributed by atoms with Crippen LogP contribution < -0.4 is 5.32 Å². The van der Waals surface area contributed by atoms with E-state index in [9.17, 15) is 0 Å². The molecule has 0 amide bonds. The predicted molar refractivity (Wildman–Crippen MR) is 46.8 cm³/mol. The van der Waals surface area contributed by atoms with Gasteiger partial charge in [0.05, 0.1) is 6.61 Å². The van der Waals surface area contributed by atoms with Gasteiger partial charge in [-0.3, -0.25) is 0 Å². The van der Waals surface area contributed by atoms with Crippen molar-refractivity contribution >= 4 is 0 Å². The lowest BCUT2D eigenvalue weighted by Crippen LogP contribution is -2.43. The van der Waals surface area contributed by atoms with E-state index >= 15 is 0 Å². The fourth-order valence-electron chi connectivity index (χ4n) is 2.03. The van der Waals surface area contributed by atoms with Crippen LogP contribution in [-0.4, -0.2) is 25.8 Å². The highest BCUT2D eigenvalue weighted by molar-refractivity contribution is 4.92. The first-order valence-corrected chi connectivity index (χ1v) is 4.57. The summed E-state index contributed by atoms with van der Waals surface area (Å²) >= 11 is 0. The molecule has 11 heavy (non-hydrogen) atoms. The molecule has 1 fully saturated rings. The monoisotopic (exact) mass is 157 g/mol. The van der Waals surface area contributed by atoms with E-state index in [1.165, 1.54) is 32.2 Å². The molecule has 0 bridgehead atoms. The molecule has 66 valence electrons. The zero-order valence-corrected chi connectivity index (χ0v) is 7.65. The fourth-order valence-corrected chi connectivity index (χ4v) is 2.03. The Morgan fingerprint density at radius 3 is 2.82 bits per heavy atom. The molecule has 0 aliphatic carbocycles. The largest absolute Gasteiger partial charge is 0.383 e. The maximum atomic E-state index is 5.22. The molecule has 0 aromatic rings. The summed E-state index contributed by atoms with van der Waals surface area (Å²) in [6.07, 6.45) is 5.09. The standard InChI is InChI=1S/C9H19NO/c1-3-5-9(8-11-2)6-4-7-10-9/h10H,3-8H2,1-2H3. The van der Waals surface area contributed by atoms with Gasteiger partial charge in [0, 0.05) is 12.6 Å². The first-order valence-electron chi connectivity index (χ1n) is 4.57. The van der Waals surface area contributed by atoms with Gasteiger partial charge in [-0.15, -0.1) is 0 Å². The number of ether oxygens (including phenoxy) is 1. The normalized spacial score (nSPS) is 31.1. The molecule has 1 rings (SSSR count). The van der Waals surface area contributed by atoms with Crippen LogP contribution >= 0.6 is 0 Å². The minimum atomic E-state index is 0.323. The average Bonchev–Trinajstić information content (AvgIpc) is 2.39. The minimum absolute atomic E-state index is 0.323. The molecule has 0 aromatic heterocycles. The Morgan fingerprint density at radius 2 is 2.36 bits per heavy atom. The molecule has 2 heteroatoms. The Labute approximate surface area is 69.3 Å². The van der Waals surface area contributed by atoms with Crippen molar-refractivity contribution < 1.29 is 4.74 Å². The molecule has 0 saturated carbocycles. The van der Waals surface area contributed by atoms with E-state index in [0.717, 1.165) is 6.61 Å². The number of hydrogen-bond acceptors (Lipinski definition) is 2. The molecule has 2 nitrogen and oxygen atoms in total. The third kappa shape index (κ3) is 2.17. The molecule has 0 spiro atoms. The van der Waals surface area contributed by atoms with Gasteiger partial charge < -0.3 is 10.1 Å². The third-order valence-corrected chi connectivity index (χ3v) is 2.48. The molecule has 1 aliphatic rings.